The van der Waals surface area contributed by atoms with Gasteiger partial charge in [-0.05, 0) is 55.3 Å². The van der Waals surface area contributed by atoms with Crippen molar-refractivity contribution in [2.75, 3.05) is 25.6 Å². The number of esters is 1. The Morgan fingerprint density at radius 1 is 1.18 bits per heavy atom. The van der Waals surface area contributed by atoms with E-state index in [4.69, 9.17) is 4.74 Å². The number of nitrogens with zero attached hydrogens (tertiary/aromatic N) is 3. The van der Waals surface area contributed by atoms with Crippen LogP contribution < -0.4 is 19.8 Å². The van der Waals surface area contributed by atoms with E-state index in [9.17, 15) is 14.7 Å². The van der Waals surface area contributed by atoms with Crippen molar-refractivity contribution in [1.29, 1.82) is 0 Å². The molecule has 0 unspecified atom stereocenters. The number of thiazole rings is 1. The molecule has 8 heteroatoms. The lowest BCUT2D eigenvalue weighted by Gasteiger charge is -2.24. The highest BCUT2D eigenvalue weighted by molar-refractivity contribution is 7.07. The van der Waals surface area contributed by atoms with E-state index < -0.39 is 12.0 Å². The second-order valence-corrected chi connectivity index (χ2v) is 8.89. The minimum absolute atomic E-state index is 0.103. The van der Waals surface area contributed by atoms with Gasteiger partial charge in [-0.3, -0.25) is 9.36 Å². The predicted molar refractivity (Wildman–Crippen MR) is 129 cm³/mol. The summed E-state index contributed by atoms with van der Waals surface area (Å²) in [5, 5.41) is 9.74. The number of ether oxygens (including phenoxy) is 1. The van der Waals surface area contributed by atoms with Crippen LogP contribution in [0.15, 0.2) is 69.6 Å². The van der Waals surface area contributed by atoms with Gasteiger partial charge in [0.1, 0.15) is 5.75 Å². The van der Waals surface area contributed by atoms with E-state index in [1.165, 1.54) is 28.0 Å². The van der Waals surface area contributed by atoms with Crippen LogP contribution in [0, 0.1) is 0 Å². The molecule has 3 aromatic rings. The van der Waals surface area contributed by atoms with Gasteiger partial charge in [0.15, 0.2) is 4.80 Å². The standard InChI is InChI=1S/C25H25N3O4S/c1-5-32-24(31)21-15(2)26-25-28(22(21)17-8-12-19(29)13-9-17)23(30)20(33-25)14-16-6-10-18(11-7-16)27(3)4/h6-14,22,29H,5H2,1-4H3/b20-14+/t22-/m1/s1. The van der Waals surface area contributed by atoms with Gasteiger partial charge in [-0.25, -0.2) is 9.79 Å². The Bertz CT molecular complexity index is 1400. The number of aromatic hydroxyl groups is 1. The van der Waals surface area contributed by atoms with Crippen molar-refractivity contribution < 1.29 is 14.6 Å². The van der Waals surface area contributed by atoms with Gasteiger partial charge in [-0.15, -0.1) is 0 Å². The number of benzene rings is 2. The van der Waals surface area contributed by atoms with E-state index in [-0.39, 0.29) is 17.9 Å². The number of allylic oxidation sites excluding steroid dienone is 1. The largest absolute Gasteiger partial charge is 0.508 e. The fourth-order valence-corrected chi connectivity index (χ4v) is 4.83. The lowest BCUT2D eigenvalue weighted by molar-refractivity contribution is -0.139. The summed E-state index contributed by atoms with van der Waals surface area (Å²) in [4.78, 5) is 33.5. The van der Waals surface area contributed by atoms with E-state index in [0.29, 0.717) is 26.2 Å². The molecule has 7 nitrogen and oxygen atoms in total. The van der Waals surface area contributed by atoms with Crippen LogP contribution in [0.4, 0.5) is 5.69 Å². The molecule has 0 saturated heterocycles. The van der Waals surface area contributed by atoms with E-state index in [1.807, 2.05) is 49.3 Å². The van der Waals surface area contributed by atoms with Gasteiger partial charge in [-0.1, -0.05) is 35.6 Å². The minimum atomic E-state index is -0.695. The molecule has 4 rings (SSSR count). The van der Waals surface area contributed by atoms with E-state index in [1.54, 1.807) is 26.0 Å². The van der Waals surface area contributed by atoms with Gasteiger partial charge in [0.05, 0.1) is 28.5 Å². The zero-order valence-corrected chi connectivity index (χ0v) is 19.7. The number of hydrogen-bond acceptors (Lipinski definition) is 7. The number of carbonyl (C=O) groups is 1. The third-order valence-corrected chi connectivity index (χ3v) is 6.42. The summed E-state index contributed by atoms with van der Waals surface area (Å²) in [5.74, 6) is -0.406. The molecule has 0 bridgehead atoms. The van der Waals surface area contributed by atoms with Crippen molar-refractivity contribution in [2.24, 2.45) is 4.99 Å². The molecule has 1 atom stereocenters. The number of carbonyl (C=O) groups excluding carboxylic acids is 1. The summed E-state index contributed by atoms with van der Waals surface area (Å²) in [5.41, 5.74) is 3.24. The summed E-state index contributed by atoms with van der Waals surface area (Å²) in [6, 6.07) is 13.7. The Morgan fingerprint density at radius 3 is 2.45 bits per heavy atom. The van der Waals surface area contributed by atoms with Crippen molar-refractivity contribution in [1.82, 2.24) is 4.57 Å². The highest BCUT2D eigenvalue weighted by Crippen LogP contribution is 2.31. The van der Waals surface area contributed by atoms with Crippen molar-refractivity contribution in [3.63, 3.8) is 0 Å². The Morgan fingerprint density at radius 2 is 1.85 bits per heavy atom. The zero-order valence-electron chi connectivity index (χ0n) is 18.9. The second-order valence-electron chi connectivity index (χ2n) is 7.88. The number of fused-ring (bicyclic) bond motifs is 1. The first-order chi connectivity index (χ1) is 15.8. The van der Waals surface area contributed by atoms with Gasteiger partial charge >= 0.3 is 5.97 Å². The summed E-state index contributed by atoms with van der Waals surface area (Å²) < 4.78 is 7.34. The molecule has 2 aromatic carbocycles. The Labute approximate surface area is 195 Å². The maximum atomic E-state index is 13.5. The fourth-order valence-electron chi connectivity index (χ4n) is 3.78. The Hall–Kier alpha value is -3.65. The minimum Gasteiger partial charge on any atom is -0.508 e. The Kier molecular flexibility index (Phi) is 6.20. The van der Waals surface area contributed by atoms with Crippen molar-refractivity contribution in [3.8, 4) is 5.75 Å². The van der Waals surface area contributed by atoms with Crippen LogP contribution in [0.1, 0.15) is 31.0 Å². The molecule has 33 heavy (non-hydrogen) atoms. The molecule has 0 spiro atoms. The topological polar surface area (TPSA) is 84.1 Å². The third-order valence-electron chi connectivity index (χ3n) is 5.43. The zero-order chi connectivity index (χ0) is 23.7. The molecule has 170 valence electrons. The number of anilines is 1. The van der Waals surface area contributed by atoms with Gasteiger partial charge in [-0.2, -0.15) is 0 Å². The molecule has 0 radical (unpaired) electrons. The second kappa shape index (κ2) is 9.07. The van der Waals surface area contributed by atoms with Crippen LogP contribution in [-0.4, -0.2) is 36.3 Å². The van der Waals surface area contributed by atoms with Crippen LogP contribution in [0.25, 0.3) is 6.08 Å². The molecule has 2 heterocycles. The summed E-state index contributed by atoms with van der Waals surface area (Å²) >= 11 is 1.28. The maximum absolute atomic E-state index is 13.5. The van der Waals surface area contributed by atoms with Crippen LogP contribution in [-0.2, 0) is 9.53 Å². The molecule has 1 aliphatic rings. The van der Waals surface area contributed by atoms with E-state index >= 15 is 0 Å². The van der Waals surface area contributed by atoms with Crippen LogP contribution in [0.5, 0.6) is 5.75 Å². The smallest absolute Gasteiger partial charge is 0.338 e. The average molecular weight is 464 g/mol. The molecule has 1 aromatic heterocycles. The maximum Gasteiger partial charge on any atom is 0.338 e. The fraction of sp³-hybridized carbons (Fsp3) is 0.240. The number of aromatic nitrogens is 1. The van der Waals surface area contributed by atoms with Crippen LogP contribution in [0.3, 0.4) is 0 Å². The van der Waals surface area contributed by atoms with Crippen LogP contribution >= 0.6 is 11.3 Å². The van der Waals surface area contributed by atoms with E-state index in [0.717, 1.165) is 11.3 Å². The normalized spacial score (nSPS) is 15.8. The highest BCUT2D eigenvalue weighted by atomic mass is 32.1. The lowest BCUT2D eigenvalue weighted by atomic mass is 9.96. The van der Waals surface area contributed by atoms with Gasteiger partial charge < -0.3 is 14.7 Å². The summed E-state index contributed by atoms with van der Waals surface area (Å²) in [6.45, 7) is 3.70. The van der Waals surface area contributed by atoms with Gasteiger partial charge in [0, 0.05) is 19.8 Å². The first kappa shape index (κ1) is 22.5. The lowest BCUT2D eigenvalue weighted by Crippen LogP contribution is -2.39. The number of phenols is 1. The molecule has 1 N–H and O–H groups in total. The average Bonchev–Trinajstić information content (AvgIpc) is 3.08. The number of hydrogen-bond donors (Lipinski definition) is 1. The van der Waals surface area contributed by atoms with Crippen LogP contribution in [0.2, 0.25) is 0 Å². The quantitative estimate of drug-likeness (QED) is 0.588. The molecule has 0 fully saturated rings. The van der Waals surface area contributed by atoms with Crippen molar-refractivity contribution in [2.45, 2.75) is 19.9 Å². The first-order valence-corrected chi connectivity index (χ1v) is 11.4. The molecule has 0 saturated carbocycles. The van der Waals surface area contributed by atoms with Crippen molar-refractivity contribution in [3.05, 3.63) is 90.6 Å². The predicted octanol–water partition coefficient (Wildman–Crippen LogP) is 2.57. The molecular weight excluding hydrogens is 438 g/mol. The SMILES string of the molecule is CCOC(=O)C1=C(C)N=c2s/c(=C/c3ccc(N(C)C)cc3)c(=O)n2[C@@H]1c1ccc(O)cc1. The summed E-state index contributed by atoms with van der Waals surface area (Å²) in [7, 11) is 3.94. The number of phenolic OH excluding ortho intramolecular Hbond substituents is 1. The van der Waals surface area contributed by atoms with E-state index in [2.05, 4.69) is 4.99 Å². The first-order valence-electron chi connectivity index (χ1n) is 10.6. The highest BCUT2D eigenvalue weighted by Gasteiger charge is 2.33. The Balaban J connectivity index is 1.90. The van der Waals surface area contributed by atoms with Gasteiger partial charge in [0.25, 0.3) is 5.56 Å². The number of rotatable bonds is 5. The summed E-state index contributed by atoms with van der Waals surface area (Å²) in [6.07, 6.45) is 1.83. The molecular formula is C25H25N3O4S. The third kappa shape index (κ3) is 4.34. The molecule has 1 aliphatic heterocycles. The molecule has 0 aliphatic carbocycles. The monoisotopic (exact) mass is 463 g/mol. The molecule has 0 amide bonds. The van der Waals surface area contributed by atoms with Crippen molar-refractivity contribution >= 4 is 29.1 Å². The van der Waals surface area contributed by atoms with Gasteiger partial charge in [0.2, 0.25) is 0 Å².